The molecule has 152 valence electrons. The number of sulfonamides is 1. The molecule has 0 saturated carbocycles. The number of hydrogen-bond acceptors (Lipinski definition) is 3. The Hall–Kier alpha value is -2.18. The number of carbonyl (C=O) groups is 1. The topological polar surface area (TPSA) is 66.5 Å². The van der Waals surface area contributed by atoms with Gasteiger partial charge in [-0.1, -0.05) is 61.4 Å². The molecule has 0 spiro atoms. The van der Waals surface area contributed by atoms with Crippen LogP contribution in [0.1, 0.15) is 42.0 Å². The van der Waals surface area contributed by atoms with Crippen molar-refractivity contribution in [3.63, 3.8) is 0 Å². The van der Waals surface area contributed by atoms with Crippen LogP contribution < -0.4 is 5.32 Å². The van der Waals surface area contributed by atoms with Crippen molar-refractivity contribution in [1.29, 1.82) is 0 Å². The van der Waals surface area contributed by atoms with Crippen LogP contribution in [0.25, 0.3) is 0 Å². The van der Waals surface area contributed by atoms with Gasteiger partial charge < -0.3 is 5.32 Å². The van der Waals surface area contributed by atoms with E-state index in [1.807, 2.05) is 56.3 Å². The summed E-state index contributed by atoms with van der Waals surface area (Å²) in [6.07, 6.45) is 1.83. The minimum absolute atomic E-state index is 0.150. The lowest BCUT2D eigenvalue weighted by Crippen LogP contribution is -2.41. The summed E-state index contributed by atoms with van der Waals surface area (Å²) in [6, 6.07) is 13.1. The minimum Gasteiger partial charge on any atom is -0.355 e. The molecule has 2 aromatic rings. The Bertz CT molecular complexity index is 886. The van der Waals surface area contributed by atoms with Crippen LogP contribution in [0.3, 0.4) is 0 Å². The Morgan fingerprint density at radius 3 is 2.21 bits per heavy atom. The first-order chi connectivity index (χ1) is 13.3. The molecule has 28 heavy (non-hydrogen) atoms. The number of carbonyl (C=O) groups excluding carboxylic acids is 1. The third kappa shape index (κ3) is 5.66. The molecule has 0 aliphatic carbocycles. The third-order valence-corrected chi connectivity index (χ3v) is 6.67. The first kappa shape index (κ1) is 22.1. The summed E-state index contributed by atoms with van der Waals surface area (Å²) in [5.41, 5.74) is 3.25. The Morgan fingerprint density at radius 2 is 1.64 bits per heavy atom. The maximum atomic E-state index is 13.5. The summed E-state index contributed by atoms with van der Waals surface area (Å²) in [6.45, 7) is 8.09. The van der Waals surface area contributed by atoms with Gasteiger partial charge in [-0.2, -0.15) is 4.31 Å². The van der Waals surface area contributed by atoms with Crippen molar-refractivity contribution in [2.45, 2.75) is 52.0 Å². The lowest BCUT2D eigenvalue weighted by molar-refractivity contribution is -0.121. The molecule has 0 aromatic heterocycles. The van der Waals surface area contributed by atoms with E-state index >= 15 is 0 Å². The van der Waals surface area contributed by atoms with Crippen LogP contribution in [0.5, 0.6) is 0 Å². The van der Waals surface area contributed by atoms with Gasteiger partial charge in [-0.05, 0) is 43.9 Å². The highest BCUT2D eigenvalue weighted by atomic mass is 32.2. The minimum atomic E-state index is -3.83. The molecule has 2 aromatic carbocycles. The first-order valence-corrected chi connectivity index (χ1v) is 11.1. The van der Waals surface area contributed by atoms with Crippen molar-refractivity contribution < 1.29 is 13.2 Å². The molecule has 2 rings (SSSR count). The fraction of sp³-hybridized carbons (Fsp3) is 0.409. The second-order valence-electron chi connectivity index (χ2n) is 7.19. The second kappa shape index (κ2) is 9.85. The number of unbranched alkanes of at least 4 members (excludes halogenated alkanes) is 1. The zero-order valence-corrected chi connectivity index (χ0v) is 18.0. The van der Waals surface area contributed by atoms with Crippen molar-refractivity contribution in [2.75, 3.05) is 13.1 Å². The zero-order valence-electron chi connectivity index (χ0n) is 17.2. The summed E-state index contributed by atoms with van der Waals surface area (Å²) in [4.78, 5) is 12.7. The van der Waals surface area contributed by atoms with E-state index in [2.05, 4.69) is 5.32 Å². The van der Waals surface area contributed by atoms with E-state index in [0.717, 1.165) is 24.0 Å². The molecule has 0 saturated heterocycles. The summed E-state index contributed by atoms with van der Waals surface area (Å²) in [7, 11) is -3.83. The summed E-state index contributed by atoms with van der Waals surface area (Å²) in [5.74, 6) is -0.282. The van der Waals surface area contributed by atoms with E-state index in [9.17, 15) is 13.2 Å². The predicted molar refractivity (Wildman–Crippen MR) is 113 cm³/mol. The molecule has 6 heteroatoms. The lowest BCUT2D eigenvalue weighted by Gasteiger charge is -2.24. The number of nitrogens with zero attached hydrogens (tertiary/aromatic N) is 1. The maximum Gasteiger partial charge on any atom is 0.244 e. The van der Waals surface area contributed by atoms with E-state index in [1.165, 1.54) is 4.31 Å². The first-order valence-electron chi connectivity index (χ1n) is 9.64. The Balaban J connectivity index is 2.38. The third-order valence-electron chi connectivity index (χ3n) is 4.58. The normalized spacial score (nSPS) is 11.6. The lowest BCUT2D eigenvalue weighted by atomic mass is 10.1. The van der Waals surface area contributed by atoms with Crippen LogP contribution in [-0.2, 0) is 21.4 Å². The number of rotatable bonds is 9. The van der Waals surface area contributed by atoms with E-state index in [4.69, 9.17) is 0 Å². The molecule has 0 bridgehead atoms. The molecule has 0 atom stereocenters. The van der Waals surface area contributed by atoms with Crippen LogP contribution >= 0.6 is 0 Å². The van der Waals surface area contributed by atoms with E-state index in [-0.39, 0.29) is 23.9 Å². The number of benzene rings is 2. The van der Waals surface area contributed by atoms with Gasteiger partial charge in [-0.15, -0.1) is 0 Å². The van der Waals surface area contributed by atoms with Gasteiger partial charge in [0.15, 0.2) is 0 Å². The molecule has 0 radical (unpaired) electrons. The average molecular weight is 403 g/mol. The highest BCUT2D eigenvalue weighted by Gasteiger charge is 2.29. The Kier molecular flexibility index (Phi) is 7.78. The number of hydrogen-bond donors (Lipinski definition) is 1. The van der Waals surface area contributed by atoms with E-state index in [1.54, 1.807) is 13.8 Å². The fourth-order valence-corrected chi connectivity index (χ4v) is 5.13. The van der Waals surface area contributed by atoms with Crippen LogP contribution in [0, 0.1) is 20.8 Å². The monoisotopic (exact) mass is 402 g/mol. The molecule has 1 N–H and O–H groups in total. The molecule has 0 fully saturated rings. The Labute approximate surface area is 168 Å². The molecular weight excluding hydrogens is 372 g/mol. The number of amides is 1. The van der Waals surface area contributed by atoms with Gasteiger partial charge in [-0.3, -0.25) is 4.79 Å². The molecule has 0 heterocycles. The smallest absolute Gasteiger partial charge is 0.244 e. The fourth-order valence-electron chi connectivity index (χ4n) is 3.34. The van der Waals surface area contributed by atoms with Crippen LogP contribution in [-0.4, -0.2) is 31.7 Å². The van der Waals surface area contributed by atoms with Crippen molar-refractivity contribution in [1.82, 2.24) is 9.62 Å². The standard InChI is InChI=1S/C22H30N2O3S/c1-5-6-12-23-21(25)16-24(15-20-10-8-7-9-11-20)28(26,27)22-18(3)13-17(2)14-19(22)4/h7-11,13-14H,5-6,12,15-16H2,1-4H3,(H,23,25). The van der Waals surface area contributed by atoms with Crippen molar-refractivity contribution in [2.24, 2.45) is 0 Å². The van der Waals surface area contributed by atoms with Gasteiger partial charge in [0.1, 0.15) is 0 Å². The van der Waals surface area contributed by atoms with Crippen LogP contribution in [0.4, 0.5) is 0 Å². The molecule has 0 aliphatic rings. The summed E-state index contributed by atoms with van der Waals surface area (Å²) in [5, 5.41) is 2.82. The summed E-state index contributed by atoms with van der Waals surface area (Å²) >= 11 is 0. The highest BCUT2D eigenvalue weighted by molar-refractivity contribution is 7.89. The number of aryl methyl sites for hydroxylation is 3. The zero-order chi connectivity index (χ0) is 20.7. The van der Waals surface area contributed by atoms with Gasteiger partial charge in [0, 0.05) is 13.1 Å². The predicted octanol–water partition coefficient (Wildman–Crippen LogP) is 3.72. The van der Waals surface area contributed by atoms with Crippen molar-refractivity contribution in [3.05, 3.63) is 64.7 Å². The molecule has 0 aliphatic heterocycles. The van der Waals surface area contributed by atoms with Gasteiger partial charge in [0.2, 0.25) is 15.9 Å². The maximum absolute atomic E-state index is 13.5. The molecule has 5 nitrogen and oxygen atoms in total. The van der Waals surface area contributed by atoms with Crippen LogP contribution in [0.15, 0.2) is 47.4 Å². The van der Waals surface area contributed by atoms with Gasteiger partial charge in [0.25, 0.3) is 0 Å². The van der Waals surface area contributed by atoms with Crippen molar-refractivity contribution >= 4 is 15.9 Å². The molecule has 0 unspecified atom stereocenters. The average Bonchev–Trinajstić information content (AvgIpc) is 2.61. The summed E-state index contributed by atoms with van der Waals surface area (Å²) < 4.78 is 28.3. The van der Waals surface area contributed by atoms with Crippen LogP contribution in [0.2, 0.25) is 0 Å². The van der Waals surface area contributed by atoms with Gasteiger partial charge in [0.05, 0.1) is 11.4 Å². The largest absolute Gasteiger partial charge is 0.355 e. The quantitative estimate of drug-likeness (QED) is 0.650. The van der Waals surface area contributed by atoms with E-state index < -0.39 is 10.0 Å². The van der Waals surface area contributed by atoms with Crippen molar-refractivity contribution in [3.8, 4) is 0 Å². The van der Waals surface area contributed by atoms with E-state index in [0.29, 0.717) is 17.7 Å². The molecule has 1 amide bonds. The highest BCUT2D eigenvalue weighted by Crippen LogP contribution is 2.26. The van der Waals surface area contributed by atoms with Gasteiger partial charge in [-0.25, -0.2) is 8.42 Å². The van der Waals surface area contributed by atoms with Gasteiger partial charge >= 0.3 is 0 Å². The molecular formula is C22H30N2O3S. The number of nitrogens with one attached hydrogen (secondary N) is 1. The SMILES string of the molecule is CCCCNC(=O)CN(Cc1ccccc1)S(=O)(=O)c1c(C)cc(C)cc1C. The Morgan fingerprint density at radius 1 is 1.04 bits per heavy atom. The second-order valence-corrected chi connectivity index (χ2v) is 9.06.